The summed E-state index contributed by atoms with van der Waals surface area (Å²) in [4.78, 5) is 10.3. The van der Waals surface area contributed by atoms with Crippen molar-refractivity contribution < 1.29 is 35.7 Å². The van der Waals surface area contributed by atoms with E-state index >= 15 is 0 Å². The van der Waals surface area contributed by atoms with Gasteiger partial charge in [-0.1, -0.05) is 0 Å². The van der Waals surface area contributed by atoms with Crippen molar-refractivity contribution >= 4 is 16.1 Å². The molecule has 0 saturated carbocycles. The van der Waals surface area contributed by atoms with Crippen LogP contribution in [-0.4, -0.2) is 25.0 Å². The molecular weight excluding hydrogens is 241 g/mol. The van der Waals surface area contributed by atoms with E-state index in [9.17, 15) is 26.4 Å². The van der Waals surface area contributed by atoms with Crippen LogP contribution in [0.3, 0.4) is 0 Å². The van der Waals surface area contributed by atoms with E-state index in [1.165, 1.54) is 0 Å². The van der Waals surface area contributed by atoms with Gasteiger partial charge < -0.3 is 9.29 Å². The third-order valence-electron chi connectivity index (χ3n) is 1.37. The average Bonchev–Trinajstić information content (AvgIpc) is 1.99. The lowest BCUT2D eigenvalue weighted by Crippen LogP contribution is -2.25. The zero-order valence-electron chi connectivity index (χ0n) is 7.62. The number of rotatable bonds is 3. The topological polar surface area (TPSA) is 80.7 Å². The van der Waals surface area contributed by atoms with Gasteiger partial charge in [0.1, 0.15) is 5.76 Å². The largest absolute Gasteiger partial charge is 0.534 e. The summed E-state index contributed by atoms with van der Waals surface area (Å²) in [5.74, 6) is -2.40. The van der Waals surface area contributed by atoms with Crippen molar-refractivity contribution in [2.24, 2.45) is 0 Å². The molecule has 0 aromatic carbocycles. The van der Waals surface area contributed by atoms with Gasteiger partial charge in [-0.2, -0.15) is 21.6 Å². The van der Waals surface area contributed by atoms with Gasteiger partial charge in [0.15, 0.2) is 0 Å². The number of carbonyl (C=O) groups is 1. The van der Waals surface area contributed by atoms with Crippen LogP contribution in [0.5, 0.6) is 0 Å². The van der Waals surface area contributed by atoms with Gasteiger partial charge in [-0.15, -0.1) is 0 Å². The molecular formula is C6H7F3O5S. The Balaban J connectivity index is 5.10. The highest BCUT2D eigenvalue weighted by Gasteiger charge is 2.48. The van der Waals surface area contributed by atoms with E-state index in [1.807, 2.05) is 0 Å². The molecule has 1 N–H and O–H groups in total. The predicted molar refractivity (Wildman–Crippen MR) is 42.1 cm³/mol. The Bertz CT molecular complexity index is 391. The fourth-order valence-corrected chi connectivity index (χ4v) is 0.974. The molecule has 0 rings (SSSR count). The summed E-state index contributed by atoms with van der Waals surface area (Å²) in [6.07, 6.45) is 0. The Labute approximate surface area is 83.3 Å². The van der Waals surface area contributed by atoms with Crippen molar-refractivity contribution in [2.45, 2.75) is 19.4 Å². The Hall–Kier alpha value is -1.25. The van der Waals surface area contributed by atoms with Crippen LogP contribution >= 0.6 is 0 Å². The van der Waals surface area contributed by atoms with Gasteiger partial charge in [-0.3, -0.25) is 0 Å². The highest BCUT2D eigenvalue weighted by Crippen LogP contribution is 2.27. The Kier molecular flexibility index (Phi) is 3.75. The van der Waals surface area contributed by atoms with Gasteiger partial charge in [-0.25, -0.2) is 4.79 Å². The van der Waals surface area contributed by atoms with Crippen LogP contribution in [0, 0.1) is 0 Å². The highest BCUT2D eigenvalue weighted by atomic mass is 32.2. The van der Waals surface area contributed by atoms with Gasteiger partial charge in [0.2, 0.25) is 0 Å². The maximum atomic E-state index is 11.8. The van der Waals surface area contributed by atoms with Crippen LogP contribution in [-0.2, 0) is 19.1 Å². The van der Waals surface area contributed by atoms with Crippen LogP contribution in [0.15, 0.2) is 11.3 Å². The monoisotopic (exact) mass is 248 g/mol. The Morgan fingerprint density at radius 1 is 1.27 bits per heavy atom. The number of hydrogen-bond donors (Lipinski definition) is 1. The molecule has 0 aliphatic rings. The van der Waals surface area contributed by atoms with Crippen LogP contribution < -0.4 is 0 Å². The molecule has 0 aliphatic heterocycles. The fraction of sp³-hybridized carbons (Fsp3) is 0.500. The Morgan fingerprint density at radius 3 is 1.93 bits per heavy atom. The van der Waals surface area contributed by atoms with Gasteiger partial charge >= 0.3 is 21.6 Å². The quantitative estimate of drug-likeness (QED) is 0.351. The minimum atomic E-state index is -5.80. The minimum Gasteiger partial charge on any atom is -0.478 e. The number of halogens is 3. The predicted octanol–water partition coefficient (Wildman–Crippen LogP) is 1.23. The molecule has 15 heavy (non-hydrogen) atoms. The van der Waals surface area contributed by atoms with Crippen LogP contribution in [0.2, 0.25) is 0 Å². The van der Waals surface area contributed by atoms with Gasteiger partial charge in [0.05, 0.1) is 5.57 Å². The van der Waals surface area contributed by atoms with Crippen LogP contribution in [0.25, 0.3) is 0 Å². The van der Waals surface area contributed by atoms with Crippen molar-refractivity contribution in [1.82, 2.24) is 0 Å². The highest BCUT2D eigenvalue weighted by molar-refractivity contribution is 7.87. The van der Waals surface area contributed by atoms with E-state index < -0.39 is 32.9 Å². The van der Waals surface area contributed by atoms with E-state index in [0.29, 0.717) is 0 Å². The zero-order chi connectivity index (χ0) is 12.4. The van der Waals surface area contributed by atoms with Crippen molar-refractivity contribution in [3.05, 3.63) is 11.3 Å². The second-order valence-corrected chi connectivity index (χ2v) is 4.01. The first-order valence-corrected chi connectivity index (χ1v) is 4.81. The molecule has 0 amide bonds. The molecule has 9 heteroatoms. The SMILES string of the molecule is C/C(OS(=O)(=O)C(F)(F)F)=C(\C)C(=O)O. The van der Waals surface area contributed by atoms with Gasteiger partial charge in [0, 0.05) is 0 Å². The molecule has 88 valence electrons. The second-order valence-electron chi connectivity index (χ2n) is 2.47. The molecule has 0 atom stereocenters. The lowest BCUT2D eigenvalue weighted by Gasteiger charge is -2.10. The van der Waals surface area contributed by atoms with E-state index in [-0.39, 0.29) is 0 Å². The van der Waals surface area contributed by atoms with Gasteiger partial charge in [-0.05, 0) is 13.8 Å². The van der Waals surface area contributed by atoms with Crippen molar-refractivity contribution in [3.63, 3.8) is 0 Å². The standard InChI is InChI=1S/C6H7F3O5S/c1-3(5(10)11)4(2)14-15(12,13)6(7,8)9/h1-2H3,(H,10,11)/b4-3-. The van der Waals surface area contributed by atoms with E-state index in [2.05, 4.69) is 4.18 Å². The van der Waals surface area contributed by atoms with Crippen molar-refractivity contribution in [2.75, 3.05) is 0 Å². The number of allylic oxidation sites excluding steroid dienone is 1. The average molecular weight is 248 g/mol. The number of carboxylic acids is 1. The molecule has 0 unspecified atom stereocenters. The summed E-state index contributed by atoms with van der Waals surface area (Å²) in [7, 11) is -5.80. The first-order valence-electron chi connectivity index (χ1n) is 3.40. The molecule has 0 radical (unpaired) electrons. The summed E-state index contributed by atoms with van der Waals surface area (Å²) in [5.41, 5.74) is -6.20. The third kappa shape index (κ3) is 3.42. The molecule has 5 nitrogen and oxygen atoms in total. The number of hydrogen-bond acceptors (Lipinski definition) is 4. The van der Waals surface area contributed by atoms with E-state index in [0.717, 1.165) is 13.8 Å². The van der Waals surface area contributed by atoms with E-state index in [4.69, 9.17) is 5.11 Å². The minimum absolute atomic E-state index is 0.622. The first kappa shape index (κ1) is 13.8. The smallest absolute Gasteiger partial charge is 0.478 e. The molecule has 0 spiro atoms. The molecule has 0 saturated heterocycles. The summed E-state index contributed by atoms with van der Waals surface area (Å²) < 4.78 is 59.7. The number of carboxylic acid groups (broad SMARTS) is 1. The molecule has 0 heterocycles. The maximum Gasteiger partial charge on any atom is 0.534 e. The van der Waals surface area contributed by atoms with Crippen molar-refractivity contribution in [1.29, 1.82) is 0 Å². The number of alkyl halides is 3. The lowest BCUT2D eigenvalue weighted by atomic mass is 10.3. The fourth-order valence-electron chi connectivity index (χ4n) is 0.425. The Morgan fingerprint density at radius 2 is 1.67 bits per heavy atom. The molecule has 0 aliphatic carbocycles. The summed E-state index contributed by atoms with van der Waals surface area (Å²) >= 11 is 0. The molecule has 0 aromatic heterocycles. The molecule has 0 bridgehead atoms. The molecule has 0 aromatic rings. The number of aliphatic carboxylic acids is 1. The van der Waals surface area contributed by atoms with Crippen molar-refractivity contribution in [3.8, 4) is 0 Å². The van der Waals surface area contributed by atoms with Gasteiger partial charge in [0.25, 0.3) is 0 Å². The summed E-state index contributed by atoms with van der Waals surface area (Å²) in [6.45, 7) is 1.73. The molecule has 0 fully saturated rings. The van der Waals surface area contributed by atoms with E-state index in [1.54, 1.807) is 0 Å². The first-order chi connectivity index (χ1) is 6.49. The lowest BCUT2D eigenvalue weighted by molar-refractivity contribution is -0.132. The second kappa shape index (κ2) is 4.09. The normalized spacial score (nSPS) is 14.5. The maximum absolute atomic E-state index is 11.8. The third-order valence-corrected chi connectivity index (χ3v) is 2.40. The zero-order valence-corrected chi connectivity index (χ0v) is 8.44. The summed E-state index contributed by atoms with van der Waals surface area (Å²) in [6, 6.07) is 0. The van der Waals surface area contributed by atoms with Crippen LogP contribution in [0.1, 0.15) is 13.8 Å². The summed E-state index contributed by atoms with van der Waals surface area (Å²) in [5, 5.41) is 8.34. The van der Waals surface area contributed by atoms with Crippen LogP contribution in [0.4, 0.5) is 13.2 Å².